The van der Waals surface area contributed by atoms with Crippen molar-refractivity contribution in [1.29, 1.82) is 0 Å². The van der Waals surface area contributed by atoms with Crippen LogP contribution >= 0.6 is 0 Å². The molecule has 14 rings (SSSR count). The summed E-state index contributed by atoms with van der Waals surface area (Å²) in [5, 5.41) is 5.09. The van der Waals surface area contributed by atoms with Gasteiger partial charge >= 0.3 is 0 Å². The maximum absolute atomic E-state index is 2.59. The van der Waals surface area contributed by atoms with Crippen LogP contribution in [0.25, 0.3) is 71.6 Å². The molecule has 282 valence electrons. The highest BCUT2D eigenvalue weighted by Crippen LogP contribution is 2.67. The second-order valence-electron chi connectivity index (χ2n) is 17.0. The zero-order valence-electron chi connectivity index (χ0n) is 33.3. The van der Waals surface area contributed by atoms with Gasteiger partial charge in [-0.05, 0) is 107 Å². The quantitative estimate of drug-likeness (QED) is 0.165. The molecule has 1 heteroatoms. The summed E-state index contributed by atoms with van der Waals surface area (Å²) in [5.41, 5.74) is 21.0. The predicted octanol–water partition coefficient (Wildman–Crippen LogP) is 14.6. The van der Waals surface area contributed by atoms with E-state index in [1.54, 1.807) is 0 Å². The van der Waals surface area contributed by atoms with Crippen molar-refractivity contribution in [2.45, 2.75) is 10.8 Å². The maximum Gasteiger partial charge on any atom is 0.0720 e. The van der Waals surface area contributed by atoms with E-state index in [1.165, 1.54) is 116 Å². The van der Waals surface area contributed by atoms with Gasteiger partial charge in [-0.2, -0.15) is 0 Å². The normalized spacial score (nSPS) is 14.5. The molecule has 0 unspecified atom stereocenters. The number of para-hydroxylation sites is 1. The largest absolute Gasteiger partial charge is 0.309 e. The first-order chi connectivity index (χ1) is 30.3. The van der Waals surface area contributed by atoms with Crippen molar-refractivity contribution >= 4 is 32.6 Å². The molecule has 1 aromatic heterocycles. The van der Waals surface area contributed by atoms with Gasteiger partial charge in [-0.25, -0.2) is 0 Å². The first-order valence-electron chi connectivity index (χ1n) is 21.4. The van der Waals surface area contributed by atoms with E-state index in [-0.39, 0.29) is 0 Å². The highest BCUT2D eigenvalue weighted by molar-refractivity contribution is 6.22. The number of benzene rings is 10. The summed E-state index contributed by atoms with van der Waals surface area (Å²) >= 11 is 0. The van der Waals surface area contributed by atoms with Crippen molar-refractivity contribution in [2.75, 3.05) is 0 Å². The van der Waals surface area contributed by atoms with Crippen LogP contribution in [0.2, 0.25) is 0 Å². The number of rotatable bonds is 2. The molecule has 0 N–H and O–H groups in total. The van der Waals surface area contributed by atoms with E-state index < -0.39 is 10.8 Å². The lowest BCUT2D eigenvalue weighted by molar-refractivity contribution is 0.633. The lowest BCUT2D eigenvalue weighted by Gasteiger charge is -2.48. The second-order valence-corrected chi connectivity index (χ2v) is 17.0. The first kappa shape index (κ1) is 33.1. The molecular weight excluding hydrogens is 735 g/mol. The Labute approximate surface area is 354 Å². The standard InChI is InChI=1S/C60H37N/c1-2-18-38(19-3-1)40-21-9-17-33-55(40)61-56-35-34-39-20-4-5-22-41(39)58(56)46-36-45-44-25-8-12-28-49(44)60(54(45)37-57(46)61)52-31-15-13-29-50(52)59(51-30-14-16-32-53(51)60)47-26-10-6-23-42(47)43-24-7-11-27-48(43)59/h1-37H. The van der Waals surface area contributed by atoms with Crippen LogP contribution in [0.15, 0.2) is 224 Å². The van der Waals surface area contributed by atoms with Crippen LogP contribution in [0.4, 0.5) is 0 Å². The highest BCUT2D eigenvalue weighted by atomic mass is 15.0. The Morgan fingerprint density at radius 1 is 0.279 bits per heavy atom. The Balaban J connectivity index is 1.17. The van der Waals surface area contributed by atoms with E-state index in [9.17, 15) is 0 Å². The van der Waals surface area contributed by atoms with Crippen molar-refractivity contribution in [2.24, 2.45) is 0 Å². The Kier molecular flexibility index (Phi) is 6.48. The number of aromatic nitrogens is 1. The number of nitrogens with zero attached hydrogens (tertiary/aromatic N) is 1. The molecule has 3 aliphatic rings. The Hall–Kier alpha value is -7.74. The van der Waals surface area contributed by atoms with E-state index in [0.717, 1.165) is 0 Å². The SMILES string of the molecule is c1ccc(-c2ccccc2-n2c3cc4c(cc3c3c5ccccc5ccc32)-c2ccccc2C42c3ccccc3C3(c4ccccc4-c4ccccc43)c3ccccc32)cc1. The minimum Gasteiger partial charge on any atom is -0.309 e. The third-order valence-corrected chi connectivity index (χ3v) is 14.5. The summed E-state index contributed by atoms with van der Waals surface area (Å²) in [6.45, 7) is 0. The lowest BCUT2D eigenvalue weighted by Crippen LogP contribution is -2.43. The summed E-state index contributed by atoms with van der Waals surface area (Å²) in [5.74, 6) is 0. The summed E-state index contributed by atoms with van der Waals surface area (Å²) in [4.78, 5) is 0. The fourth-order valence-corrected chi connectivity index (χ4v) is 12.3. The molecule has 3 aliphatic carbocycles. The smallest absolute Gasteiger partial charge is 0.0720 e. The average molecular weight is 772 g/mol. The van der Waals surface area contributed by atoms with Gasteiger partial charge in [0, 0.05) is 16.3 Å². The third-order valence-electron chi connectivity index (χ3n) is 14.5. The molecular formula is C60H37N. The molecule has 0 saturated heterocycles. The Bertz CT molecular complexity index is 3560. The van der Waals surface area contributed by atoms with Crippen LogP contribution in [0.5, 0.6) is 0 Å². The van der Waals surface area contributed by atoms with Gasteiger partial charge in [-0.1, -0.05) is 200 Å². The third kappa shape index (κ3) is 3.97. The molecule has 10 aromatic carbocycles. The summed E-state index contributed by atoms with van der Waals surface area (Å²) < 4.78 is 2.56. The summed E-state index contributed by atoms with van der Waals surface area (Å²) in [6.07, 6.45) is 0. The van der Waals surface area contributed by atoms with E-state index in [1.807, 2.05) is 0 Å². The van der Waals surface area contributed by atoms with Crippen molar-refractivity contribution in [3.63, 3.8) is 0 Å². The number of hydrogen-bond acceptors (Lipinski definition) is 0. The van der Waals surface area contributed by atoms with Gasteiger partial charge in [0.05, 0.1) is 27.6 Å². The van der Waals surface area contributed by atoms with Crippen molar-refractivity contribution < 1.29 is 0 Å². The van der Waals surface area contributed by atoms with Crippen LogP contribution < -0.4 is 0 Å². The van der Waals surface area contributed by atoms with Crippen LogP contribution in [0.1, 0.15) is 44.5 Å². The minimum atomic E-state index is -0.576. The minimum absolute atomic E-state index is 0.476. The van der Waals surface area contributed by atoms with E-state index >= 15 is 0 Å². The second kappa shape index (κ2) is 11.9. The van der Waals surface area contributed by atoms with Gasteiger partial charge in [0.15, 0.2) is 0 Å². The van der Waals surface area contributed by atoms with Gasteiger partial charge in [-0.15, -0.1) is 0 Å². The lowest BCUT2D eigenvalue weighted by atomic mass is 9.52. The summed E-state index contributed by atoms with van der Waals surface area (Å²) in [6, 6.07) is 84.8. The van der Waals surface area contributed by atoms with Crippen LogP contribution in [-0.4, -0.2) is 4.57 Å². The van der Waals surface area contributed by atoms with Crippen molar-refractivity contribution in [3.05, 3.63) is 269 Å². The number of fused-ring (bicyclic) bond motifs is 21. The van der Waals surface area contributed by atoms with Gasteiger partial charge < -0.3 is 4.57 Å². The average Bonchev–Trinajstić information content (AvgIpc) is 3.93. The molecule has 0 saturated carbocycles. The van der Waals surface area contributed by atoms with Gasteiger partial charge in [0.2, 0.25) is 0 Å². The van der Waals surface area contributed by atoms with E-state index in [2.05, 4.69) is 229 Å². The van der Waals surface area contributed by atoms with Gasteiger partial charge in [0.1, 0.15) is 0 Å². The van der Waals surface area contributed by atoms with Crippen molar-refractivity contribution in [1.82, 2.24) is 4.57 Å². The molecule has 61 heavy (non-hydrogen) atoms. The number of hydrogen-bond donors (Lipinski definition) is 0. The highest BCUT2D eigenvalue weighted by Gasteiger charge is 2.59. The molecule has 1 heterocycles. The van der Waals surface area contributed by atoms with Crippen LogP contribution in [-0.2, 0) is 10.8 Å². The molecule has 0 atom stereocenters. The molecule has 0 radical (unpaired) electrons. The van der Waals surface area contributed by atoms with Gasteiger partial charge in [-0.3, -0.25) is 0 Å². The molecule has 0 fully saturated rings. The van der Waals surface area contributed by atoms with Gasteiger partial charge in [0.25, 0.3) is 0 Å². The van der Waals surface area contributed by atoms with E-state index in [0.29, 0.717) is 0 Å². The van der Waals surface area contributed by atoms with Crippen molar-refractivity contribution in [3.8, 4) is 39.1 Å². The fraction of sp³-hybridized carbons (Fsp3) is 0.0333. The fourth-order valence-electron chi connectivity index (χ4n) is 12.3. The maximum atomic E-state index is 2.59. The molecule has 2 spiro atoms. The van der Waals surface area contributed by atoms with Crippen LogP contribution in [0, 0.1) is 0 Å². The monoisotopic (exact) mass is 771 g/mol. The first-order valence-corrected chi connectivity index (χ1v) is 21.4. The summed E-state index contributed by atoms with van der Waals surface area (Å²) in [7, 11) is 0. The molecule has 1 nitrogen and oxygen atoms in total. The predicted molar refractivity (Wildman–Crippen MR) is 252 cm³/mol. The van der Waals surface area contributed by atoms with Crippen LogP contribution in [0.3, 0.4) is 0 Å². The van der Waals surface area contributed by atoms with E-state index in [4.69, 9.17) is 0 Å². The zero-order valence-corrected chi connectivity index (χ0v) is 33.3. The molecule has 0 aliphatic heterocycles. The molecule has 0 bridgehead atoms. The zero-order chi connectivity index (χ0) is 39.9. The Morgan fingerprint density at radius 3 is 1.34 bits per heavy atom. The molecule has 0 amide bonds. The molecule has 11 aromatic rings. The topological polar surface area (TPSA) is 4.93 Å². The Morgan fingerprint density at radius 2 is 0.738 bits per heavy atom.